The standard InChI is InChI=1S/C11H22N2O2/c1-9(6-11(14)15-2)13-5-3-4-10(7-12)8-13/h9-10H,3-8,12H2,1-2H3. The van der Waals surface area contributed by atoms with Crippen LogP contribution in [-0.4, -0.2) is 43.7 Å². The van der Waals surface area contributed by atoms with Gasteiger partial charge in [-0.3, -0.25) is 9.69 Å². The van der Waals surface area contributed by atoms with Gasteiger partial charge in [-0.05, 0) is 38.8 Å². The zero-order valence-corrected chi connectivity index (χ0v) is 9.74. The van der Waals surface area contributed by atoms with Crippen LogP contribution in [0.2, 0.25) is 0 Å². The van der Waals surface area contributed by atoms with Crippen molar-refractivity contribution in [3.8, 4) is 0 Å². The second kappa shape index (κ2) is 6.08. The van der Waals surface area contributed by atoms with Crippen molar-refractivity contribution in [1.29, 1.82) is 0 Å². The molecule has 4 heteroatoms. The lowest BCUT2D eigenvalue weighted by Gasteiger charge is -2.36. The van der Waals surface area contributed by atoms with Gasteiger partial charge >= 0.3 is 5.97 Å². The Bertz CT molecular complexity index is 209. The Kier molecular flexibility index (Phi) is 5.05. The number of nitrogens with zero attached hydrogens (tertiary/aromatic N) is 1. The molecule has 0 spiro atoms. The normalized spacial score (nSPS) is 24.9. The Labute approximate surface area is 91.8 Å². The van der Waals surface area contributed by atoms with Gasteiger partial charge in [0.15, 0.2) is 0 Å². The molecular weight excluding hydrogens is 192 g/mol. The number of hydrogen-bond donors (Lipinski definition) is 1. The highest BCUT2D eigenvalue weighted by atomic mass is 16.5. The van der Waals surface area contributed by atoms with Gasteiger partial charge < -0.3 is 10.5 Å². The van der Waals surface area contributed by atoms with E-state index < -0.39 is 0 Å². The molecule has 0 saturated carbocycles. The molecule has 0 radical (unpaired) electrons. The molecule has 0 amide bonds. The van der Waals surface area contributed by atoms with Crippen LogP contribution >= 0.6 is 0 Å². The van der Waals surface area contributed by atoms with Gasteiger partial charge in [0.05, 0.1) is 13.5 Å². The van der Waals surface area contributed by atoms with Gasteiger partial charge in [-0.1, -0.05) is 0 Å². The molecule has 0 aromatic heterocycles. The molecule has 0 aromatic rings. The lowest BCUT2D eigenvalue weighted by atomic mass is 9.96. The molecule has 88 valence electrons. The Balaban J connectivity index is 2.37. The molecule has 15 heavy (non-hydrogen) atoms. The molecule has 1 rings (SSSR count). The molecule has 1 aliphatic heterocycles. The summed E-state index contributed by atoms with van der Waals surface area (Å²) in [6.07, 6.45) is 2.89. The quantitative estimate of drug-likeness (QED) is 0.697. The third kappa shape index (κ3) is 3.80. The average Bonchev–Trinajstić information content (AvgIpc) is 2.28. The third-order valence-corrected chi connectivity index (χ3v) is 3.20. The number of carbonyl (C=O) groups excluding carboxylic acids is 1. The number of likely N-dealkylation sites (tertiary alicyclic amines) is 1. The molecule has 1 saturated heterocycles. The largest absolute Gasteiger partial charge is 0.469 e. The van der Waals surface area contributed by atoms with Crippen molar-refractivity contribution in [3.63, 3.8) is 0 Å². The van der Waals surface area contributed by atoms with E-state index in [4.69, 9.17) is 5.73 Å². The van der Waals surface area contributed by atoms with E-state index in [1.807, 2.05) is 0 Å². The minimum Gasteiger partial charge on any atom is -0.469 e. The third-order valence-electron chi connectivity index (χ3n) is 3.20. The van der Waals surface area contributed by atoms with E-state index >= 15 is 0 Å². The fourth-order valence-electron chi connectivity index (χ4n) is 2.14. The van der Waals surface area contributed by atoms with E-state index in [-0.39, 0.29) is 12.0 Å². The number of hydrogen-bond acceptors (Lipinski definition) is 4. The van der Waals surface area contributed by atoms with Crippen LogP contribution in [0.1, 0.15) is 26.2 Å². The minimum atomic E-state index is -0.127. The van der Waals surface area contributed by atoms with E-state index in [0.717, 1.165) is 19.6 Å². The highest BCUT2D eigenvalue weighted by Crippen LogP contribution is 2.18. The number of methoxy groups -OCH3 is 1. The van der Waals surface area contributed by atoms with Gasteiger partial charge in [0.1, 0.15) is 0 Å². The van der Waals surface area contributed by atoms with Crippen molar-refractivity contribution < 1.29 is 9.53 Å². The highest BCUT2D eigenvalue weighted by molar-refractivity contribution is 5.69. The van der Waals surface area contributed by atoms with Crippen molar-refractivity contribution in [2.24, 2.45) is 11.7 Å². The molecule has 2 unspecified atom stereocenters. The average molecular weight is 214 g/mol. The minimum absolute atomic E-state index is 0.127. The summed E-state index contributed by atoms with van der Waals surface area (Å²) in [6, 6.07) is 0.270. The van der Waals surface area contributed by atoms with Gasteiger partial charge in [0.25, 0.3) is 0 Å². The van der Waals surface area contributed by atoms with E-state index in [0.29, 0.717) is 12.3 Å². The Morgan fingerprint density at radius 1 is 1.67 bits per heavy atom. The first-order chi connectivity index (χ1) is 7.17. The van der Waals surface area contributed by atoms with Crippen LogP contribution in [0.4, 0.5) is 0 Å². The number of rotatable bonds is 4. The van der Waals surface area contributed by atoms with E-state index in [9.17, 15) is 4.79 Å². The van der Waals surface area contributed by atoms with Gasteiger partial charge in [-0.25, -0.2) is 0 Å². The molecule has 2 atom stereocenters. The molecule has 1 heterocycles. The van der Waals surface area contributed by atoms with Gasteiger partial charge in [-0.15, -0.1) is 0 Å². The molecule has 0 bridgehead atoms. The maximum Gasteiger partial charge on any atom is 0.307 e. The van der Waals surface area contributed by atoms with Crippen molar-refractivity contribution in [1.82, 2.24) is 4.90 Å². The molecule has 1 fully saturated rings. The number of piperidine rings is 1. The smallest absolute Gasteiger partial charge is 0.307 e. The summed E-state index contributed by atoms with van der Waals surface area (Å²) in [5.74, 6) is 0.469. The topological polar surface area (TPSA) is 55.6 Å². The van der Waals surface area contributed by atoms with Crippen LogP contribution in [-0.2, 0) is 9.53 Å². The summed E-state index contributed by atoms with van der Waals surface area (Å²) < 4.78 is 4.67. The Hall–Kier alpha value is -0.610. The monoisotopic (exact) mass is 214 g/mol. The van der Waals surface area contributed by atoms with Crippen molar-refractivity contribution >= 4 is 5.97 Å². The van der Waals surface area contributed by atoms with Crippen LogP contribution in [0, 0.1) is 5.92 Å². The van der Waals surface area contributed by atoms with Crippen LogP contribution in [0.3, 0.4) is 0 Å². The van der Waals surface area contributed by atoms with Crippen LogP contribution in [0.5, 0.6) is 0 Å². The Morgan fingerprint density at radius 3 is 3.00 bits per heavy atom. The SMILES string of the molecule is COC(=O)CC(C)N1CCCC(CN)C1. The van der Waals surface area contributed by atoms with Crippen molar-refractivity contribution in [3.05, 3.63) is 0 Å². The fraction of sp³-hybridized carbons (Fsp3) is 0.909. The van der Waals surface area contributed by atoms with Crippen LogP contribution in [0.15, 0.2) is 0 Å². The van der Waals surface area contributed by atoms with Crippen LogP contribution < -0.4 is 5.73 Å². The first kappa shape index (κ1) is 12.5. The lowest BCUT2D eigenvalue weighted by Crippen LogP contribution is -2.44. The maximum absolute atomic E-state index is 11.1. The molecule has 4 nitrogen and oxygen atoms in total. The summed E-state index contributed by atoms with van der Waals surface area (Å²) in [5, 5.41) is 0. The first-order valence-electron chi connectivity index (χ1n) is 5.68. The number of ether oxygens (including phenoxy) is 1. The fourth-order valence-corrected chi connectivity index (χ4v) is 2.14. The van der Waals surface area contributed by atoms with E-state index in [1.54, 1.807) is 0 Å². The van der Waals surface area contributed by atoms with Gasteiger partial charge in [-0.2, -0.15) is 0 Å². The van der Waals surface area contributed by atoms with Crippen molar-refractivity contribution in [2.45, 2.75) is 32.2 Å². The molecule has 2 N–H and O–H groups in total. The summed E-state index contributed by atoms with van der Waals surface area (Å²) in [5.41, 5.74) is 5.67. The summed E-state index contributed by atoms with van der Waals surface area (Å²) in [6.45, 7) is 4.93. The number of esters is 1. The zero-order chi connectivity index (χ0) is 11.3. The summed E-state index contributed by atoms with van der Waals surface area (Å²) >= 11 is 0. The summed E-state index contributed by atoms with van der Waals surface area (Å²) in [4.78, 5) is 13.5. The lowest BCUT2D eigenvalue weighted by molar-refractivity contribution is -0.142. The maximum atomic E-state index is 11.1. The number of carbonyl (C=O) groups is 1. The molecular formula is C11H22N2O2. The molecule has 0 aliphatic carbocycles. The zero-order valence-electron chi connectivity index (χ0n) is 9.74. The van der Waals surface area contributed by atoms with E-state index in [2.05, 4.69) is 16.6 Å². The Morgan fingerprint density at radius 2 is 2.40 bits per heavy atom. The molecule has 0 aromatic carbocycles. The van der Waals surface area contributed by atoms with Crippen LogP contribution in [0.25, 0.3) is 0 Å². The predicted octanol–water partition coefficient (Wildman–Crippen LogP) is 0.609. The first-order valence-corrected chi connectivity index (χ1v) is 5.68. The number of nitrogens with two attached hydrogens (primary N) is 1. The van der Waals surface area contributed by atoms with Gasteiger partial charge in [0.2, 0.25) is 0 Å². The van der Waals surface area contributed by atoms with Gasteiger partial charge in [0, 0.05) is 12.6 Å². The van der Waals surface area contributed by atoms with E-state index in [1.165, 1.54) is 20.0 Å². The highest BCUT2D eigenvalue weighted by Gasteiger charge is 2.24. The second-order valence-corrected chi connectivity index (χ2v) is 4.37. The van der Waals surface area contributed by atoms with Crippen molar-refractivity contribution in [2.75, 3.05) is 26.7 Å². The predicted molar refractivity (Wildman–Crippen MR) is 59.4 cm³/mol. The second-order valence-electron chi connectivity index (χ2n) is 4.37. The molecule has 1 aliphatic rings. The summed E-state index contributed by atoms with van der Waals surface area (Å²) in [7, 11) is 1.44.